The molecule has 0 aliphatic carbocycles. The van der Waals surface area contributed by atoms with E-state index in [1.807, 2.05) is 55.5 Å². The van der Waals surface area contributed by atoms with Crippen molar-refractivity contribution >= 4 is 11.8 Å². The maximum atomic E-state index is 12.9. The molecule has 0 aromatic heterocycles. The van der Waals surface area contributed by atoms with Gasteiger partial charge in [-0.2, -0.15) is 0 Å². The second-order valence-corrected chi connectivity index (χ2v) is 6.31. The molecule has 0 spiro atoms. The van der Waals surface area contributed by atoms with Crippen LogP contribution in [0.15, 0.2) is 60.7 Å². The van der Waals surface area contributed by atoms with E-state index in [2.05, 4.69) is 17.0 Å². The molecule has 0 bridgehead atoms. The van der Waals surface area contributed by atoms with Crippen LogP contribution >= 0.6 is 0 Å². The number of nitrogens with two attached hydrogens (primary N) is 1. The number of amides is 2. The predicted octanol–water partition coefficient (Wildman–Crippen LogP) is 2.41. The summed E-state index contributed by atoms with van der Waals surface area (Å²) >= 11 is 0. The first kappa shape index (κ1) is 19.7. The fourth-order valence-corrected chi connectivity index (χ4v) is 2.75. The van der Waals surface area contributed by atoms with Crippen LogP contribution in [0.5, 0.6) is 0 Å². The van der Waals surface area contributed by atoms with E-state index < -0.39 is 5.91 Å². The van der Waals surface area contributed by atoms with Gasteiger partial charge < -0.3 is 10.6 Å². The zero-order chi connectivity index (χ0) is 18.8. The Kier molecular flexibility index (Phi) is 7.83. The molecule has 5 heteroatoms. The second kappa shape index (κ2) is 10.4. The number of benzene rings is 2. The van der Waals surface area contributed by atoms with Gasteiger partial charge in [-0.25, -0.2) is 0 Å². The largest absolute Gasteiger partial charge is 0.370 e. The molecule has 5 nitrogen and oxygen atoms in total. The summed E-state index contributed by atoms with van der Waals surface area (Å²) in [5, 5.41) is 0. The Morgan fingerprint density at radius 3 is 1.92 bits per heavy atom. The van der Waals surface area contributed by atoms with Crippen molar-refractivity contribution in [1.29, 1.82) is 0 Å². The number of nitrogens with zero attached hydrogens (tertiary/aromatic N) is 2. The number of hydrogen-bond acceptors (Lipinski definition) is 3. The van der Waals surface area contributed by atoms with Crippen LogP contribution in [0.4, 0.5) is 0 Å². The molecule has 138 valence electrons. The van der Waals surface area contributed by atoms with Crippen molar-refractivity contribution in [2.45, 2.75) is 26.4 Å². The van der Waals surface area contributed by atoms with Gasteiger partial charge in [0, 0.05) is 26.1 Å². The minimum Gasteiger partial charge on any atom is -0.370 e. The molecule has 0 saturated heterocycles. The van der Waals surface area contributed by atoms with Crippen molar-refractivity contribution < 1.29 is 9.59 Å². The van der Waals surface area contributed by atoms with E-state index in [9.17, 15) is 9.59 Å². The van der Waals surface area contributed by atoms with Crippen molar-refractivity contribution in [3.63, 3.8) is 0 Å². The Morgan fingerprint density at radius 1 is 0.885 bits per heavy atom. The zero-order valence-corrected chi connectivity index (χ0v) is 15.3. The van der Waals surface area contributed by atoms with Crippen molar-refractivity contribution in [3.8, 4) is 0 Å². The molecule has 0 fully saturated rings. The lowest BCUT2D eigenvalue weighted by molar-refractivity contribution is -0.133. The average molecular weight is 353 g/mol. The smallest absolute Gasteiger partial charge is 0.237 e. The number of rotatable bonds is 10. The summed E-state index contributed by atoms with van der Waals surface area (Å²) in [7, 11) is 0. The van der Waals surface area contributed by atoms with Gasteiger partial charge in [0.15, 0.2) is 0 Å². The van der Waals surface area contributed by atoms with E-state index >= 15 is 0 Å². The molecule has 2 aromatic carbocycles. The van der Waals surface area contributed by atoms with Gasteiger partial charge in [-0.05, 0) is 17.7 Å². The Hall–Kier alpha value is -2.66. The highest BCUT2D eigenvalue weighted by molar-refractivity contribution is 5.79. The van der Waals surface area contributed by atoms with Gasteiger partial charge >= 0.3 is 0 Å². The van der Waals surface area contributed by atoms with Crippen molar-refractivity contribution in [3.05, 3.63) is 71.8 Å². The molecule has 26 heavy (non-hydrogen) atoms. The quantitative estimate of drug-likeness (QED) is 0.713. The van der Waals surface area contributed by atoms with Gasteiger partial charge in [0.1, 0.15) is 0 Å². The highest BCUT2D eigenvalue weighted by Gasteiger charge is 2.18. The highest BCUT2D eigenvalue weighted by Crippen LogP contribution is 2.09. The summed E-state index contributed by atoms with van der Waals surface area (Å²) in [4.78, 5) is 27.8. The zero-order valence-electron chi connectivity index (χ0n) is 15.3. The lowest BCUT2D eigenvalue weighted by atomic mass is 10.2. The van der Waals surface area contributed by atoms with Crippen LogP contribution in [0.25, 0.3) is 0 Å². The molecule has 2 amide bonds. The normalized spacial score (nSPS) is 10.7. The number of hydrogen-bond donors (Lipinski definition) is 1. The van der Waals surface area contributed by atoms with Crippen molar-refractivity contribution in [2.24, 2.45) is 5.73 Å². The van der Waals surface area contributed by atoms with E-state index in [0.717, 1.165) is 18.7 Å². The molecule has 2 aromatic rings. The predicted molar refractivity (Wildman–Crippen MR) is 103 cm³/mol. The molecule has 0 aliphatic heterocycles. The van der Waals surface area contributed by atoms with Crippen LogP contribution in [-0.2, 0) is 22.7 Å². The standard InChI is InChI=1S/C21H27N3O2/c1-2-23(15-18-9-5-3-6-10-18)17-21(26)24(14-13-20(22)25)16-19-11-7-4-8-12-19/h3-12H,2,13-17H2,1H3,(H2,22,25). The number of carbonyl (C=O) groups is 2. The maximum absolute atomic E-state index is 12.9. The first-order valence-electron chi connectivity index (χ1n) is 8.94. The molecule has 0 unspecified atom stereocenters. The summed E-state index contributed by atoms with van der Waals surface area (Å²) in [5.41, 5.74) is 7.49. The van der Waals surface area contributed by atoms with Gasteiger partial charge in [0.05, 0.1) is 6.54 Å². The van der Waals surface area contributed by atoms with E-state index in [0.29, 0.717) is 19.6 Å². The number of carbonyl (C=O) groups excluding carboxylic acids is 2. The van der Waals surface area contributed by atoms with Gasteiger partial charge in [0.2, 0.25) is 11.8 Å². The SMILES string of the molecule is CCN(CC(=O)N(CCC(N)=O)Cc1ccccc1)Cc1ccccc1. The summed E-state index contributed by atoms with van der Waals surface area (Å²) in [6.07, 6.45) is 0.170. The van der Waals surface area contributed by atoms with E-state index in [1.54, 1.807) is 4.90 Å². The van der Waals surface area contributed by atoms with Crippen LogP contribution in [-0.4, -0.2) is 41.2 Å². The molecule has 0 saturated carbocycles. The second-order valence-electron chi connectivity index (χ2n) is 6.31. The summed E-state index contributed by atoms with van der Waals surface area (Å²) in [6.45, 7) is 4.67. The minimum atomic E-state index is -0.396. The van der Waals surface area contributed by atoms with Gasteiger partial charge in [-0.15, -0.1) is 0 Å². The highest BCUT2D eigenvalue weighted by atomic mass is 16.2. The molecule has 0 atom stereocenters. The molecule has 0 aliphatic rings. The summed E-state index contributed by atoms with van der Waals surface area (Å²) in [6, 6.07) is 19.9. The lowest BCUT2D eigenvalue weighted by Crippen LogP contribution is -2.41. The Balaban J connectivity index is 2.02. The Morgan fingerprint density at radius 2 is 1.42 bits per heavy atom. The monoisotopic (exact) mass is 353 g/mol. The molecule has 2 N–H and O–H groups in total. The third-order valence-corrected chi connectivity index (χ3v) is 4.25. The fraction of sp³-hybridized carbons (Fsp3) is 0.333. The van der Waals surface area contributed by atoms with Crippen LogP contribution < -0.4 is 5.73 Å². The first-order valence-corrected chi connectivity index (χ1v) is 8.94. The number of likely N-dealkylation sites (N-methyl/N-ethyl adjacent to an activating group) is 1. The lowest BCUT2D eigenvalue weighted by Gasteiger charge is -2.27. The molecule has 0 heterocycles. The van der Waals surface area contributed by atoms with Crippen LogP contribution in [0.1, 0.15) is 24.5 Å². The van der Waals surface area contributed by atoms with Crippen molar-refractivity contribution in [1.82, 2.24) is 9.80 Å². The van der Waals surface area contributed by atoms with Gasteiger partial charge in [-0.1, -0.05) is 67.6 Å². The summed E-state index contributed by atoms with van der Waals surface area (Å²) < 4.78 is 0. The van der Waals surface area contributed by atoms with E-state index in [1.165, 1.54) is 5.56 Å². The Bertz CT molecular complexity index is 689. The minimum absolute atomic E-state index is 0.00730. The Labute approximate surface area is 155 Å². The van der Waals surface area contributed by atoms with Crippen LogP contribution in [0.2, 0.25) is 0 Å². The van der Waals surface area contributed by atoms with Crippen molar-refractivity contribution in [2.75, 3.05) is 19.6 Å². The topological polar surface area (TPSA) is 66.6 Å². The van der Waals surface area contributed by atoms with E-state index in [-0.39, 0.29) is 12.3 Å². The first-order chi connectivity index (χ1) is 12.6. The molecular weight excluding hydrogens is 326 g/mol. The van der Waals surface area contributed by atoms with Crippen LogP contribution in [0, 0.1) is 0 Å². The van der Waals surface area contributed by atoms with Gasteiger partial charge in [-0.3, -0.25) is 14.5 Å². The summed E-state index contributed by atoms with van der Waals surface area (Å²) in [5.74, 6) is -0.389. The molecular formula is C21H27N3O2. The molecule has 0 radical (unpaired) electrons. The third kappa shape index (κ3) is 6.69. The van der Waals surface area contributed by atoms with Gasteiger partial charge in [0.25, 0.3) is 0 Å². The maximum Gasteiger partial charge on any atom is 0.237 e. The van der Waals surface area contributed by atoms with Crippen LogP contribution in [0.3, 0.4) is 0 Å². The third-order valence-electron chi connectivity index (χ3n) is 4.25. The number of primary amides is 1. The van der Waals surface area contributed by atoms with E-state index in [4.69, 9.17) is 5.73 Å². The fourth-order valence-electron chi connectivity index (χ4n) is 2.75. The molecule has 2 rings (SSSR count). The average Bonchev–Trinajstić information content (AvgIpc) is 2.66.